The van der Waals surface area contributed by atoms with Gasteiger partial charge < -0.3 is 9.52 Å². The van der Waals surface area contributed by atoms with Crippen LogP contribution in [0, 0.1) is 0 Å². The number of carbonyl (C=O) groups is 1. The Hall–Kier alpha value is -0.650. The second-order valence-electron chi connectivity index (χ2n) is 1.90. The summed E-state index contributed by atoms with van der Waals surface area (Å²) in [5.41, 5.74) is 0. The van der Waals surface area contributed by atoms with Crippen LogP contribution in [0.3, 0.4) is 0 Å². The van der Waals surface area contributed by atoms with Crippen molar-refractivity contribution in [1.29, 1.82) is 0 Å². The molecular formula is C7H6O3S2. The van der Waals surface area contributed by atoms with Gasteiger partial charge in [-0.3, -0.25) is 4.79 Å². The Morgan fingerprint density at radius 1 is 1.75 bits per heavy atom. The molecule has 0 saturated carbocycles. The maximum absolute atomic E-state index is 10.7. The quantitative estimate of drug-likeness (QED) is 0.730. The fraction of sp³-hybridized carbons (Fsp3) is 0.143. The molecule has 3 nitrogen and oxygen atoms in total. The lowest BCUT2D eigenvalue weighted by Gasteiger charge is -1.95. The number of hydrogen-bond donors (Lipinski definition) is 1. The first-order chi connectivity index (χ1) is 5.74. The summed E-state index contributed by atoms with van der Waals surface area (Å²) in [4.78, 5) is 10.7. The minimum absolute atomic E-state index is 0.346. The first-order valence-corrected chi connectivity index (χ1v) is 4.36. The van der Waals surface area contributed by atoms with Crippen molar-refractivity contribution in [2.75, 3.05) is 6.61 Å². The van der Waals surface area contributed by atoms with Gasteiger partial charge in [-0.05, 0) is 23.9 Å². The molecule has 0 saturated heterocycles. The van der Waals surface area contributed by atoms with Crippen LogP contribution in [0.25, 0.3) is 0 Å². The normalized spacial score (nSPS) is 9.75. The van der Waals surface area contributed by atoms with Crippen LogP contribution in [-0.4, -0.2) is 21.0 Å². The molecule has 5 heteroatoms. The van der Waals surface area contributed by atoms with Crippen LogP contribution in [0.1, 0.15) is 5.76 Å². The largest absolute Gasteiger partial charge is 0.463 e. The minimum Gasteiger partial charge on any atom is -0.463 e. The zero-order valence-corrected chi connectivity index (χ0v) is 7.65. The van der Waals surface area contributed by atoms with Crippen molar-refractivity contribution < 1.29 is 14.3 Å². The molecule has 0 radical (unpaired) electrons. The van der Waals surface area contributed by atoms with Crippen molar-refractivity contribution in [3.8, 4) is 0 Å². The molecule has 0 fully saturated rings. The SMILES string of the molecule is O=C(CO)SC(=S)c1ccco1. The predicted molar refractivity (Wildman–Crippen MR) is 50.1 cm³/mol. The maximum atomic E-state index is 10.7. The number of aliphatic hydroxyl groups is 1. The van der Waals surface area contributed by atoms with Crippen LogP contribution in [0.4, 0.5) is 0 Å². The van der Waals surface area contributed by atoms with Gasteiger partial charge in [-0.15, -0.1) is 0 Å². The number of thioether (sulfide) groups is 1. The molecule has 0 aromatic carbocycles. The highest BCUT2D eigenvalue weighted by Crippen LogP contribution is 2.14. The highest BCUT2D eigenvalue weighted by molar-refractivity contribution is 8.33. The lowest BCUT2D eigenvalue weighted by molar-refractivity contribution is -0.113. The van der Waals surface area contributed by atoms with Crippen molar-refractivity contribution >= 4 is 33.3 Å². The summed E-state index contributed by atoms with van der Waals surface area (Å²) in [5, 5.41) is 8.04. The molecule has 0 aliphatic heterocycles. The van der Waals surface area contributed by atoms with E-state index in [2.05, 4.69) is 0 Å². The van der Waals surface area contributed by atoms with Gasteiger partial charge in [0.1, 0.15) is 10.8 Å². The number of aliphatic hydroxyl groups excluding tert-OH is 1. The summed E-state index contributed by atoms with van der Waals surface area (Å²) in [5.74, 6) is 0.483. The molecule has 0 amide bonds. The lowest BCUT2D eigenvalue weighted by Crippen LogP contribution is -2.02. The molecule has 0 aliphatic rings. The average molecular weight is 202 g/mol. The van der Waals surface area contributed by atoms with Gasteiger partial charge in [0.2, 0.25) is 5.12 Å². The van der Waals surface area contributed by atoms with Gasteiger partial charge in [0.15, 0.2) is 5.76 Å². The number of furan rings is 1. The third-order valence-corrected chi connectivity index (χ3v) is 2.25. The number of thiocarbonyl (C=S) groups is 1. The van der Waals surface area contributed by atoms with E-state index in [1.54, 1.807) is 12.1 Å². The Kier molecular flexibility index (Phi) is 3.46. The summed E-state index contributed by atoms with van der Waals surface area (Å²) in [6.45, 7) is -0.508. The monoisotopic (exact) mass is 202 g/mol. The van der Waals surface area contributed by atoms with E-state index < -0.39 is 6.61 Å². The fourth-order valence-corrected chi connectivity index (χ4v) is 1.46. The van der Waals surface area contributed by atoms with Crippen molar-refractivity contribution in [3.63, 3.8) is 0 Å². The maximum Gasteiger partial charge on any atom is 0.219 e. The van der Waals surface area contributed by atoms with Crippen molar-refractivity contribution in [2.24, 2.45) is 0 Å². The first-order valence-electron chi connectivity index (χ1n) is 3.13. The Morgan fingerprint density at radius 2 is 2.50 bits per heavy atom. The Balaban J connectivity index is 2.56. The third-order valence-electron chi connectivity index (χ3n) is 1.06. The van der Waals surface area contributed by atoms with Crippen LogP contribution in [0.5, 0.6) is 0 Å². The van der Waals surface area contributed by atoms with E-state index in [0.717, 1.165) is 11.8 Å². The van der Waals surface area contributed by atoms with E-state index in [9.17, 15) is 4.79 Å². The Labute approximate surface area is 78.8 Å². The second-order valence-corrected chi connectivity index (χ2v) is 3.63. The molecule has 1 heterocycles. The second kappa shape index (κ2) is 4.39. The van der Waals surface area contributed by atoms with E-state index in [4.69, 9.17) is 21.7 Å². The first kappa shape index (κ1) is 9.44. The molecular weight excluding hydrogens is 196 g/mol. The molecule has 0 unspecified atom stereocenters. The van der Waals surface area contributed by atoms with Crippen LogP contribution in [0.15, 0.2) is 22.8 Å². The summed E-state index contributed by atoms with van der Waals surface area (Å²) in [6, 6.07) is 3.35. The lowest BCUT2D eigenvalue weighted by atomic mass is 10.5. The minimum atomic E-state index is -0.508. The van der Waals surface area contributed by atoms with Gasteiger partial charge in [-0.1, -0.05) is 12.2 Å². The van der Waals surface area contributed by atoms with E-state index in [1.807, 2.05) is 0 Å². The van der Waals surface area contributed by atoms with Crippen molar-refractivity contribution in [3.05, 3.63) is 24.2 Å². The molecule has 0 spiro atoms. The summed E-state index contributed by atoms with van der Waals surface area (Å²) >= 11 is 5.66. The van der Waals surface area contributed by atoms with Gasteiger partial charge in [-0.2, -0.15) is 0 Å². The summed E-state index contributed by atoms with van der Waals surface area (Å²) < 4.78 is 5.29. The highest BCUT2D eigenvalue weighted by Gasteiger charge is 2.09. The topological polar surface area (TPSA) is 50.4 Å². The molecule has 64 valence electrons. The molecule has 1 aromatic heterocycles. The Bertz CT molecular complexity index is 279. The van der Waals surface area contributed by atoms with Crippen LogP contribution in [-0.2, 0) is 4.79 Å². The van der Waals surface area contributed by atoms with Gasteiger partial charge in [0.05, 0.1) is 6.26 Å². The Morgan fingerprint density at radius 3 is 3.00 bits per heavy atom. The third kappa shape index (κ3) is 2.44. The summed E-state index contributed by atoms with van der Waals surface area (Å²) in [7, 11) is 0. The molecule has 1 aromatic rings. The standard InChI is InChI=1S/C7H6O3S2/c8-4-6(9)12-7(11)5-2-1-3-10-5/h1-3,8H,4H2. The zero-order chi connectivity index (χ0) is 8.97. The smallest absolute Gasteiger partial charge is 0.219 e. The fourth-order valence-electron chi connectivity index (χ4n) is 0.581. The molecule has 0 bridgehead atoms. The summed E-state index contributed by atoms with van der Waals surface area (Å²) in [6.07, 6.45) is 1.48. The molecule has 0 aliphatic carbocycles. The van der Waals surface area contributed by atoms with Crippen LogP contribution >= 0.6 is 24.0 Å². The van der Waals surface area contributed by atoms with Gasteiger partial charge >= 0.3 is 0 Å². The van der Waals surface area contributed by atoms with Crippen molar-refractivity contribution in [2.45, 2.75) is 0 Å². The zero-order valence-electron chi connectivity index (χ0n) is 6.02. The number of rotatable bonds is 2. The molecule has 1 rings (SSSR count). The average Bonchev–Trinajstić information content (AvgIpc) is 2.56. The van der Waals surface area contributed by atoms with Gasteiger partial charge in [-0.25, -0.2) is 0 Å². The van der Waals surface area contributed by atoms with E-state index in [1.165, 1.54) is 6.26 Å². The van der Waals surface area contributed by atoms with Gasteiger partial charge in [0, 0.05) is 0 Å². The van der Waals surface area contributed by atoms with E-state index in [-0.39, 0.29) is 5.12 Å². The molecule has 1 N–H and O–H groups in total. The molecule has 0 atom stereocenters. The van der Waals surface area contributed by atoms with Crippen molar-refractivity contribution in [1.82, 2.24) is 0 Å². The highest BCUT2D eigenvalue weighted by atomic mass is 32.2. The predicted octanol–water partition coefficient (Wildman–Crippen LogP) is 1.21. The van der Waals surface area contributed by atoms with Crippen LogP contribution in [0.2, 0.25) is 0 Å². The number of carbonyl (C=O) groups excluding carboxylic acids is 1. The molecule has 12 heavy (non-hydrogen) atoms. The van der Waals surface area contributed by atoms with Gasteiger partial charge in [0.25, 0.3) is 0 Å². The van der Waals surface area contributed by atoms with E-state index >= 15 is 0 Å². The van der Waals surface area contributed by atoms with Crippen LogP contribution < -0.4 is 0 Å². The number of hydrogen-bond acceptors (Lipinski definition) is 5. The van der Waals surface area contributed by atoms with E-state index in [0.29, 0.717) is 9.96 Å².